The summed E-state index contributed by atoms with van der Waals surface area (Å²) < 4.78 is 29.9. The van der Waals surface area contributed by atoms with Gasteiger partial charge in [0.15, 0.2) is 12.0 Å². The minimum atomic E-state index is -2.84. The van der Waals surface area contributed by atoms with Crippen molar-refractivity contribution in [3.05, 3.63) is 29.3 Å². The van der Waals surface area contributed by atoms with Gasteiger partial charge >= 0.3 is 6.09 Å². The highest BCUT2D eigenvalue weighted by Gasteiger charge is 2.38. The predicted molar refractivity (Wildman–Crippen MR) is 59.7 cm³/mol. The number of rotatable bonds is 2. The molecule has 3 nitrogen and oxygen atoms in total. The molecule has 0 saturated heterocycles. The summed E-state index contributed by atoms with van der Waals surface area (Å²) in [6, 6.07) is 5.09. The summed E-state index contributed by atoms with van der Waals surface area (Å²) in [4.78, 5) is 8.18. The lowest BCUT2D eigenvalue weighted by molar-refractivity contribution is -1.10. The third kappa shape index (κ3) is 3.78. The maximum Gasteiger partial charge on any atom is 0.602 e. The van der Waals surface area contributed by atoms with Gasteiger partial charge in [0.05, 0.1) is 8.96 Å². The molecule has 1 rings (SSSR count). The number of ether oxygens (including phenoxy) is 1. The maximum absolute atomic E-state index is 12.6. The SMILES string of the molecule is Cc1cc(OC(=O)[N+](C)(F)F)cc(C(C)C)c1. The number of carbonyl (C=O) groups excluding carboxylic acids is 1. The number of quaternary nitrogens is 1. The van der Waals surface area contributed by atoms with Crippen LogP contribution < -0.4 is 4.74 Å². The summed E-state index contributed by atoms with van der Waals surface area (Å²) >= 11 is 0. The normalized spacial score (nSPS) is 11.7. The Kier molecular flexibility index (Phi) is 3.83. The lowest BCUT2D eigenvalue weighted by atomic mass is 10.0. The molecular weight excluding hydrogens is 228 g/mol. The zero-order chi connectivity index (χ0) is 13.2. The van der Waals surface area contributed by atoms with E-state index in [1.165, 1.54) is 0 Å². The van der Waals surface area contributed by atoms with Crippen LogP contribution in [0.25, 0.3) is 0 Å². The number of halogens is 2. The minimum absolute atomic E-state index is 0.151. The van der Waals surface area contributed by atoms with Crippen LogP contribution in [0.4, 0.5) is 13.8 Å². The van der Waals surface area contributed by atoms with E-state index >= 15 is 0 Å². The van der Waals surface area contributed by atoms with Crippen LogP contribution in [0.1, 0.15) is 30.9 Å². The first-order chi connectivity index (χ1) is 7.70. The van der Waals surface area contributed by atoms with Gasteiger partial charge in [0.2, 0.25) is 0 Å². The molecule has 0 bridgehead atoms. The highest BCUT2D eigenvalue weighted by atomic mass is 19.4. The van der Waals surface area contributed by atoms with Gasteiger partial charge in [-0.1, -0.05) is 19.9 Å². The molecule has 0 unspecified atom stereocenters. The van der Waals surface area contributed by atoms with Gasteiger partial charge in [-0.25, -0.2) is 0 Å². The molecule has 0 aliphatic carbocycles. The molecule has 1 aromatic rings. The minimum Gasteiger partial charge on any atom is -0.375 e. The van der Waals surface area contributed by atoms with Crippen molar-refractivity contribution in [3.63, 3.8) is 0 Å². The topological polar surface area (TPSA) is 26.3 Å². The van der Waals surface area contributed by atoms with E-state index in [0.29, 0.717) is 7.05 Å². The van der Waals surface area contributed by atoms with Crippen molar-refractivity contribution in [2.45, 2.75) is 26.7 Å². The first kappa shape index (κ1) is 13.6. The number of amides is 1. The molecule has 1 aromatic carbocycles. The van der Waals surface area contributed by atoms with Crippen LogP contribution in [0.2, 0.25) is 0 Å². The van der Waals surface area contributed by atoms with Crippen LogP contribution in [0, 0.1) is 6.92 Å². The van der Waals surface area contributed by atoms with E-state index in [4.69, 9.17) is 0 Å². The summed E-state index contributed by atoms with van der Waals surface area (Å²) in [5.41, 5.74) is 1.81. The molecule has 0 aromatic heterocycles. The van der Waals surface area contributed by atoms with Gasteiger partial charge in [-0.2, -0.15) is 4.79 Å². The van der Waals surface area contributed by atoms with E-state index in [-0.39, 0.29) is 11.7 Å². The quantitative estimate of drug-likeness (QED) is 0.739. The lowest BCUT2D eigenvalue weighted by Crippen LogP contribution is -2.35. The summed E-state index contributed by atoms with van der Waals surface area (Å²) in [6.07, 6.45) is -1.59. The van der Waals surface area contributed by atoms with Crippen molar-refractivity contribution >= 4 is 6.09 Å². The van der Waals surface area contributed by atoms with Crippen molar-refractivity contribution in [1.29, 1.82) is 0 Å². The third-order valence-corrected chi connectivity index (χ3v) is 2.27. The Hall–Kier alpha value is -1.49. The monoisotopic (exact) mass is 244 g/mol. The van der Waals surface area contributed by atoms with Gasteiger partial charge in [0, 0.05) is 0 Å². The average Bonchev–Trinajstić information content (AvgIpc) is 2.14. The number of carbonyl (C=O) groups is 1. The van der Waals surface area contributed by atoms with Crippen molar-refractivity contribution in [2.24, 2.45) is 0 Å². The standard InChI is InChI=1S/C12H16F2NO2/c1-8(2)10-5-9(3)6-11(7-10)17-12(16)15(4,13)14/h5-8H,1-4H3/q+1. The van der Waals surface area contributed by atoms with Gasteiger partial charge in [0.1, 0.15) is 5.75 Å². The smallest absolute Gasteiger partial charge is 0.375 e. The summed E-state index contributed by atoms with van der Waals surface area (Å²) in [7, 11) is 0.460. The first-order valence-electron chi connectivity index (χ1n) is 5.30. The Bertz CT molecular complexity index is 425. The second-order valence-electron chi connectivity index (χ2n) is 4.40. The number of nitrogens with zero attached hydrogens (tertiary/aromatic N) is 1. The number of hydrogen-bond acceptors (Lipinski definition) is 2. The molecule has 0 aliphatic rings. The van der Waals surface area contributed by atoms with Crippen LogP contribution in [0.5, 0.6) is 5.75 Å². The Morgan fingerprint density at radius 1 is 1.29 bits per heavy atom. The number of aryl methyl sites for hydroxylation is 1. The van der Waals surface area contributed by atoms with Gasteiger partial charge in [-0.3, -0.25) is 0 Å². The molecule has 0 fully saturated rings. The van der Waals surface area contributed by atoms with E-state index in [9.17, 15) is 13.8 Å². The molecule has 1 amide bonds. The lowest BCUT2D eigenvalue weighted by Gasteiger charge is -2.10. The van der Waals surface area contributed by atoms with E-state index in [1.54, 1.807) is 12.1 Å². The van der Waals surface area contributed by atoms with Gasteiger partial charge < -0.3 is 4.74 Å². The van der Waals surface area contributed by atoms with Crippen molar-refractivity contribution in [2.75, 3.05) is 7.05 Å². The fourth-order valence-electron chi connectivity index (χ4n) is 1.35. The predicted octanol–water partition coefficient (Wildman–Crippen LogP) is 3.83. The van der Waals surface area contributed by atoms with Crippen LogP contribution in [-0.4, -0.2) is 18.1 Å². The summed E-state index contributed by atoms with van der Waals surface area (Å²) in [6.45, 7) is 5.78. The molecular formula is C12H16F2NO2+. The molecule has 0 saturated carbocycles. The Morgan fingerprint density at radius 3 is 2.35 bits per heavy atom. The molecule has 0 N–H and O–H groups in total. The van der Waals surface area contributed by atoms with E-state index in [2.05, 4.69) is 4.74 Å². The van der Waals surface area contributed by atoms with Crippen LogP contribution in [0.15, 0.2) is 18.2 Å². The zero-order valence-corrected chi connectivity index (χ0v) is 10.3. The fourth-order valence-corrected chi connectivity index (χ4v) is 1.35. The van der Waals surface area contributed by atoms with Crippen LogP contribution >= 0.6 is 0 Å². The van der Waals surface area contributed by atoms with Crippen molar-refractivity contribution < 1.29 is 23.4 Å². The van der Waals surface area contributed by atoms with E-state index in [0.717, 1.165) is 11.1 Å². The summed E-state index contributed by atoms with van der Waals surface area (Å²) in [5, 5.41) is 0. The maximum atomic E-state index is 12.6. The Balaban J connectivity index is 2.96. The summed E-state index contributed by atoms with van der Waals surface area (Å²) in [5.74, 6) is 0.391. The molecule has 0 atom stereocenters. The third-order valence-electron chi connectivity index (χ3n) is 2.27. The molecule has 0 radical (unpaired) electrons. The molecule has 94 valence electrons. The fraction of sp³-hybridized carbons (Fsp3) is 0.417. The first-order valence-corrected chi connectivity index (χ1v) is 5.30. The van der Waals surface area contributed by atoms with Crippen LogP contribution in [0.3, 0.4) is 0 Å². The number of benzene rings is 1. The zero-order valence-electron chi connectivity index (χ0n) is 10.3. The highest BCUT2D eigenvalue weighted by Crippen LogP contribution is 2.24. The molecule has 0 spiro atoms. The molecule has 17 heavy (non-hydrogen) atoms. The molecule has 0 aliphatic heterocycles. The van der Waals surface area contributed by atoms with Crippen molar-refractivity contribution in [1.82, 2.24) is 0 Å². The largest absolute Gasteiger partial charge is 0.602 e. The van der Waals surface area contributed by atoms with E-state index < -0.39 is 11.0 Å². The second-order valence-corrected chi connectivity index (χ2v) is 4.40. The van der Waals surface area contributed by atoms with Gasteiger partial charge in [-0.05, 0) is 36.1 Å². The molecule has 5 heteroatoms. The highest BCUT2D eigenvalue weighted by molar-refractivity contribution is 5.62. The van der Waals surface area contributed by atoms with E-state index in [1.807, 2.05) is 26.8 Å². The second kappa shape index (κ2) is 4.79. The van der Waals surface area contributed by atoms with Gasteiger partial charge in [-0.15, -0.1) is 0 Å². The molecule has 0 heterocycles. The van der Waals surface area contributed by atoms with Crippen molar-refractivity contribution in [3.8, 4) is 5.75 Å². The van der Waals surface area contributed by atoms with Crippen LogP contribution in [-0.2, 0) is 0 Å². The Morgan fingerprint density at radius 2 is 1.88 bits per heavy atom. The number of hydrogen-bond donors (Lipinski definition) is 0. The van der Waals surface area contributed by atoms with Gasteiger partial charge in [0.25, 0.3) is 0 Å². The average molecular weight is 244 g/mol. The Labute approximate surface area is 99.1 Å².